The zero-order valence-electron chi connectivity index (χ0n) is 23.0. The molecule has 2 aliphatic rings. The summed E-state index contributed by atoms with van der Waals surface area (Å²) in [7, 11) is 0. The van der Waals surface area contributed by atoms with Crippen molar-refractivity contribution in [2.75, 3.05) is 0 Å². The van der Waals surface area contributed by atoms with Crippen LogP contribution in [0.25, 0.3) is 34.4 Å². The number of hydrogen-bond acceptors (Lipinski definition) is 0. The van der Waals surface area contributed by atoms with Crippen molar-refractivity contribution in [3.8, 4) is 22.3 Å². The molecular formula is C37H36. The standard InChI is InChI=1S/C37H36/c1-23-13-15-25(3)33(17-23)31-11-7-9-27-19-29(21-35(27)31)37(5,6)30-20-28-10-8-12-32(36(28)22-30)34-18-24(2)14-16-26(34)4/h7-18,21-22H,19-20H2,1-6H3. The predicted molar refractivity (Wildman–Crippen MR) is 160 cm³/mol. The molecule has 0 bridgehead atoms. The van der Waals surface area contributed by atoms with Crippen LogP contribution in [0.2, 0.25) is 0 Å². The molecule has 0 heteroatoms. The van der Waals surface area contributed by atoms with E-state index < -0.39 is 0 Å². The molecule has 0 spiro atoms. The Hall–Kier alpha value is -3.64. The molecule has 4 aromatic carbocycles. The quantitative estimate of drug-likeness (QED) is 0.273. The third-order valence-electron chi connectivity index (χ3n) is 8.76. The first-order chi connectivity index (χ1) is 17.7. The molecule has 0 heterocycles. The fourth-order valence-corrected chi connectivity index (χ4v) is 6.27. The molecule has 37 heavy (non-hydrogen) atoms. The molecule has 0 aromatic heterocycles. The van der Waals surface area contributed by atoms with Gasteiger partial charge in [0.1, 0.15) is 0 Å². The summed E-state index contributed by atoms with van der Waals surface area (Å²) >= 11 is 0. The van der Waals surface area contributed by atoms with Gasteiger partial charge in [-0.2, -0.15) is 0 Å². The highest BCUT2D eigenvalue weighted by molar-refractivity contribution is 5.85. The minimum atomic E-state index is -0.00409. The van der Waals surface area contributed by atoms with Gasteiger partial charge in [-0.3, -0.25) is 0 Å². The molecule has 0 fully saturated rings. The van der Waals surface area contributed by atoms with Gasteiger partial charge in [0.25, 0.3) is 0 Å². The average molecular weight is 481 g/mol. The van der Waals surface area contributed by atoms with Crippen LogP contribution in [0.5, 0.6) is 0 Å². The maximum Gasteiger partial charge on any atom is 0.00773 e. The zero-order chi connectivity index (χ0) is 25.9. The highest BCUT2D eigenvalue weighted by atomic mass is 14.4. The molecule has 0 radical (unpaired) electrons. The normalized spacial score (nSPS) is 14.3. The highest BCUT2D eigenvalue weighted by Crippen LogP contribution is 2.49. The van der Waals surface area contributed by atoms with E-state index in [2.05, 4.69) is 126 Å². The predicted octanol–water partition coefficient (Wildman–Crippen LogP) is 9.86. The molecule has 0 saturated heterocycles. The second-order valence-electron chi connectivity index (χ2n) is 11.7. The monoisotopic (exact) mass is 480 g/mol. The molecule has 0 unspecified atom stereocenters. The van der Waals surface area contributed by atoms with Crippen molar-refractivity contribution in [3.63, 3.8) is 0 Å². The van der Waals surface area contributed by atoms with Crippen LogP contribution < -0.4 is 0 Å². The van der Waals surface area contributed by atoms with E-state index in [1.807, 2.05) is 0 Å². The minimum Gasteiger partial charge on any atom is -0.0613 e. The molecule has 184 valence electrons. The molecule has 2 aliphatic carbocycles. The Bertz CT molecular complexity index is 1500. The van der Waals surface area contributed by atoms with Crippen LogP contribution in [0, 0.1) is 33.1 Å². The summed E-state index contributed by atoms with van der Waals surface area (Å²) in [5.74, 6) is 0. The summed E-state index contributed by atoms with van der Waals surface area (Å²) in [6, 6.07) is 27.3. The molecule has 0 atom stereocenters. The molecule has 0 aliphatic heterocycles. The third kappa shape index (κ3) is 4.00. The summed E-state index contributed by atoms with van der Waals surface area (Å²) in [6.07, 6.45) is 7.06. The molecule has 0 amide bonds. The number of fused-ring (bicyclic) bond motifs is 2. The Balaban J connectivity index is 1.40. The minimum absolute atomic E-state index is 0.00409. The second kappa shape index (κ2) is 8.73. The highest BCUT2D eigenvalue weighted by Gasteiger charge is 2.34. The van der Waals surface area contributed by atoms with Gasteiger partial charge in [-0.25, -0.2) is 0 Å². The van der Waals surface area contributed by atoms with Crippen LogP contribution in [0.15, 0.2) is 83.9 Å². The van der Waals surface area contributed by atoms with E-state index in [4.69, 9.17) is 0 Å². The number of aryl methyl sites for hydroxylation is 4. The van der Waals surface area contributed by atoms with Crippen LogP contribution >= 0.6 is 0 Å². The lowest BCUT2D eigenvalue weighted by molar-refractivity contribution is 0.526. The SMILES string of the molecule is Cc1ccc(C)c(-c2cccc3c2C=C(C(C)(C)C2=Cc4c(cccc4-c4cc(C)ccc4C)C2)C3)c1. The summed E-state index contributed by atoms with van der Waals surface area (Å²) < 4.78 is 0. The van der Waals surface area contributed by atoms with Gasteiger partial charge in [-0.15, -0.1) is 0 Å². The van der Waals surface area contributed by atoms with E-state index >= 15 is 0 Å². The lowest BCUT2D eigenvalue weighted by Crippen LogP contribution is -2.18. The lowest BCUT2D eigenvalue weighted by atomic mass is 9.75. The van der Waals surface area contributed by atoms with Gasteiger partial charge in [0.2, 0.25) is 0 Å². The third-order valence-corrected chi connectivity index (χ3v) is 8.76. The average Bonchev–Trinajstić information content (AvgIpc) is 3.52. The van der Waals surface area contributed by atoms with Crippen molar-refractivity contribution in [2.24, 2.45) is 5.41 Å². The van der Waals surface area contributed by atoms with E-state index in [1.54, 1.807) is 0 Å². The van der Waals surface area contributed by atoms with Crippen LogP contribution in [-0.4, -0.2) is 0 Å². The smallest absolute Gasteiger partial charge is 0.00773 e. The van der Waals surface area contributed by atoms with Gasteiger partial charge in [-0.05, 0) is 96.2 Å². The topological polar surface area (TPSA) is 0 Å². The summed E-state index contributed by atoms with van der Waals surface area (Å²) in [5, 5.41) is 0. The molecule has 0 N–H and O–H groups in total. The van der Waals surface area contributed by atoms with Gasteiger partial charge < -0.3 is 0 Å². The van der Waals surface area contributed by atoms with Crippen LogP contribution in [0.4, 0.5) is 0 Å². The van der Waals surface area contributed by atoms with Crippen LogP contribution in [-0.2, 0) is 12.8 Å². The Morgan fingerprint density at radius 1 is 0.514 bits per heavy atom. The number of benzene rings is 4. The largest absolute Gasteiger partial charge is 0.0613 e. The van der Waals surface area contributed by atoms with Gasteiger partial charge in [0, 0.05) is 5.41 Å². The van der Waals surface area contributed by atoms with Gasteiger partial charge >= 0.3 is 0 Å². The van der Waals surface area contributed by atoms with Crippen molar-refractivity contribution < 1.29 is 0 Å². The molecule has 4 aromatic rings. The van der Waals surface area contributed by atoms with E-state index in [-0.39, 0.29) is 5.41 Å². The van der Waals surface area contributed by atoms with Crippen molar-refractivity contribution >= 4 is 12.2 Å². The molecule has 0 saturated carbocycles. The maximum absolute atomic E-state index is 2.50. The molecule has 6 rings (SSSR count). The number of allylic oxidation sites excluding steroid dienone is 2. The fourth-order valence-electron chi connectivity index (χ4n) is 6.27. The first-order valence-corrected chi connectivity index (χ1v) is 13.5. The van der Waals surface area contributed by atoms with Crippen molar-refractivity contribution in [1.82, 2.24) is 0 Å². The summed E-state index contributed by atoms with van der Waals surface area (Å²) in [5.41, 5.74) is 19.5. The lowest BCUT2D eigenvalue weighted by Gasteiger charge is -2.28. The fraction of sp³-hybridized carbons (Fsp3) is 0.243. The van der Waals surface area contributed by atoms with Gasteiger partial charge in [0.05, 0.1) is 0 Å². The Labute approximate surface area is 222 Å². The van der Waals surface area contributed by atoms with Gasteiger partial charge in [-0.1, -0.05) is 121 Å². The second-order valence-corrected chi connectivity index (χ2v) is 11.7. The first-order valence-electron chi connectivity index (χ1n) is 13.5. The van der Waals surface area contributed by atoms with Crippen LogP contribution in [0.1, 0.15) is 58.4 Å². The number of rotatable bonds is 4. The van der Waals surface area contributed by atoms with E-state index in [0.29, 0.717) is 0 Å². The van der Waals surface area contributed by atoms with Crippen molar-refractivity contribution in [1.29, 1.82) is 0 Å². The first kappa shape index (κ1) is 23.7. The Morgan fingerprint density at radius 2 is 0.946 bits per heavy atom. The summed E-state index contributed by atoms with van der Waals surface area (Å²) in [4.78, 5) is 0. The Morgan fingerprint density at radius 3 is 1.38 bits per heavy atom. The maximum atomic E-state index is 2.50. The molecule has 0 nitrogen and oxygen atoms in total. The van der Waals surface area contributed by atoms with E-state index in [9.17, 15) is 0 Å². The van der Waals surface area contributed by atoms with Crippen molar-refractivity contribution in [2.45, 2.75) is 54.4 Å². The zero-order valence-corrected chi connectivity index (χ0v) is 23.0. The Kier molecular flexibility index (Phi) is 5.60. The summed E-state index contributed by atoms with van der Waals surface area (Å²) in [6.45, 7) is 13.7. The van der Waals surface area contributed by atoms with E-state index in [1.165, 1.54) is 77.9 Å². The van der Waals surface area contributed by atoms with Gasteiger partial charge in [0.15, 0.2) is 0 Å². The van der Waals surface area contributed by atoms with Crippen molar-refractivity contribution in [3.05, 3.63) is 128 Å². The van der Waals surface area contributed by atoms with E-state index in [0.717, 1.165) is 12.8 Å². The molecular weight excluding hydrogens is 444 g/mol. The number of hydrogen-bond donors (Lipinski definition) is 0. The van der Waals surface area contributed by atoms with Crippen LogP contribution in [0.3, 0.4) is 0 Å².